The van der Waals surface area contributed by atoms with Gasteiger partial charge in [0.15, 0.2) is 0 Å². The second-order valence-corrected chi connectivity index (χ2v) is 9.81. The van der Waals surface area contributed by atoms with Gasteiger partial charge >= 0.3 is 8.80 Å². The molecule has 3 rings (SSSR count). The normalized spacial score (nSPS) is 16.8. The standard InChI is InChI=1S/C20H25OSi/c1-16(2)22(12-11-17-7-4-3-5-8-17)20-10-6-9-18(14-20)13-19-15-21-19/h3-10,14,16,19H,11-13,15H2,1-2H3/q+1. The van der Waals surface area contributed by atoms with Crippen molar-refractivity contribution >= 4 is 14.0 Å². The van der Waals surface area contributed by atoms with E-state index < -0.39 is 8.80 Å². The summed E-state index contributed by atoms with van der Waals surface area (Å²) in [6.07, 6.45) is 2.76. The van der Waals surface area contributed by atoms with Gasteiger partial charge in [-0.1, -0.05) is 42.5 Å². The van der Waals surface area contributed by atoms with Crippen LogP contribution >= 0.6 is 0 Å². The fraction of sp³-hybridized carbons (Fsp3) is 0.400. The molecule has 0 aromatic heterocycles. The maximum Gasteiger partial charge on any atom is 0.355 e. The Morgan fingerprint density at radius 2 is 1.77 bits per heavy atom. The molecular weight excluding hydrogens is 284 g/mol. The highest BCUT2D eigenvalue weighted by Crippen LogP contribution is 2.18. The van der Waals surface area contributed by atoms with E-state index in [1.54, 1.807) is 5.19 Å². The van der Waals surface area contributed by atoms with Crippen molar-refractivity contribution < 1.29 is 4.74 Å². The lowest BCUT2D eigenvalue weighted by atomic mass is 10.1. The summed E-state index contributed by atoms with van der Waals surface area (Å²) < 4.78 is 5.37. The van der Waals surface area contributed by atoms with Gasteiger partial charge in [-0.15, -0.1) is 0 Å². The minimum atomic E-state index is -0.515. The molecule has 0 spiro atoms. The molecule has 1 aliphatic rings. The number of benzene rings is 2. The number of rotatable bonds is 7. The van der Waals surface area contributed by atoms with Crippen molar-refractivity contribution in [3.05, 3.63) is 65.7 Å². The van der Waals surface area contributed by atoms with Crippen LogP contribution in [0.5, 0.6) is 0 Å². The lowest BCUT2D eigenvalue weighted by Crippen LogP contribution is -2.33. The van der Waals surface area contributed by atoms with Crippen molar-refractivity contribution in [3.8, 4) is 0 Å². The van der Waals surface area contributed by atoms with Crippen molar-refractivity contribution in [3.63, 3.8) is 0 Å². The summed E-state index contributed by atoms with van der Waals surface area (Å²) in [4.78, 5) is 0. The van der Waals surface area contributed by atoms with E-state index in [1.165, 1.54) is 23.6 Å². The second-order valence-electron chi connectivity index (χ2n) is 6.53. The van der Waals surface area contributed by atoms with Crippen molar-refractivity contribution in [2.75, 3.05) is 6.61 Å². The van der Waals surface area contributed by atoms with E-state index >= 15 is 0 Å². The monoisotopic (exact) mass is 309 g/mol. The van der Waals surface area contributed by atoms with Crippen LogP contribution in [0.25, 0.3) is 0 Å². The van der Waals surface area contributed by atoms with Gasteiger partial charge in [-0.2, -0.15) is 0 Å². The number of hydrogen-bond acceptors (Lipinski definition) is 1. The number of epoxide rings is 1. The highest BCUT2D eigenvalue weighted by molar-refractivity contribution is 6.74. The van der Waals surface area contributed by atoms with Gasteiger partial charge < -0.3 is 4.74 Å². The Labute approximate surface area is 135 Å². The maximum atomic E-state index is 5.37. The van der Waals surface area contributed by atoms with Crippen LogP contribution in [0.4, 0.5) is 0 Å². The van der Waals surface area contributed by atoms with E-state index in [4.69, 9.17) is 4.74 Å². The first-order valence-corrected chi connectivity index (χ1v) is 10.1. The van der Waals surface area contributed by atoms with E-state index in [2.05, 4.69) is 68.4 Å². The van der Waals surface area contributed by atoms with E-state index in [9.17, 15) is 0 Å². The molecule has 1 saturated heterocycles. The summed E-state index contributed by atoms with van der Waals surface area (Å²) in [6, 6.07) is 21.5. The summed E-state index contributed by atoms with van der Waals surface area (Å²) in [5.41, 5.74) is 3.68. The molecule has 0 bridgehead atoms. The van der Waals surface area contributed by atoms with Gasteiger partial charge in [0.1, 0.15) is 0 Å². The van der Waals surface area contributed by atoms with Crippen LogP contribution in [0, 0.1) is 0 Å². The zero-order valence-electron chi connectivity index (χ0n) is 13.6. The quantitative estimate of drug-likeness (QED) is 0.557. The lowest BCUT2D eigenvalue weighted by Gasteiger charge is -2.08. The molecule has 0 amide bonds. The van der Waals surface area contributed by atoms with Crippen molar-refractivity contribution in [2.24, 2.45) is 0 Å². The van der Waals surface area contributed by atoms with Crippen molar-refractivity contribution in [1.82, 2.24) is 0 Å². The van der Waals surface area contributed by atoms with Crippen molar-refractivity contribution in [1.29, 1.82) is 0 Å². The van der Waals surface area contributed by atoms with Gasteiger partial charge in [0.05, 0.1) is 29.5 Å². The molecule has 1 aliphatic heterocycles. The molecule has 1 atom stereocenters. The Morgan fingerprint density at radius 1 is 1.05 bits per heavy atom. The summed E-state index contributed by atoms with van der Waals surface area (Å²) in [5, 5.41) is 1.59. The van der Waals surface area contributed by atoms with E-state index in [1.807, 2.05) is 0 Å². The number of aryl methyl sites for hydroxylation is 1. The first-order chi connectivity index (χ1) is 10.7. The molecule has 2 aromatic carbocycles. The zero-order chi connectivity index (χ0) is 15.4. The summed E-state index contributed by atoms with van der Waals surface area (Å²) in [6.45, 7) is 5.71. The molecule has 2 heteroatoms. The third kappa shape index (κ3) is 4.31. The Balaban J connectivity index is 1.69. The van der Waals surface area contributed by atoms with Crippen LogP contribution in [-0.2, 0) is 17.6 Å². The van der Waals surface area contributed by atoms with Crippen LogP contribution in [0.2, 0.25) is 11.6 Å². The second kappa shape index (κ2) is 7.25. The van der Waals surface area contributed by atoms with Crippen LogP contribution in [0.3, 0.4) is 0 Å². The Hall–Kier alpha value is -1.38. The molecule has 1 fully saturated rings. The van der Waals surface area contributed by atoms with Gasteiger partial charge in [-0.3, -0.25) is 0 Å². The maximum absolute atomic E-state index is 5.37. The first kappa shape index (κ1) is 15.5. The van der Waals surface area contributed by atoms with Crippen LogP contribution in [0.15, 0.2) is 54.6 Å². The number of ether oxygens (including phenoxy) is 1. The van der Waals surface area contributed by atoms with Gasteiger partial charge in [-0.25, -0.2) is 0 Å². The third-order valence-electron chi connectivity index (χ3n) is 4.39. The van der Waals surface area contributed by atoms with Crippen molar-refractivity contribution in [2.45, 2.75) is 44.4 Å². The largest absolute Gasteiger partial charge is 0.373 e. The van der Waals surface area contributed by atoms with Gasteiger partial charge in [0.2, 0.25) is 0 Å². The van der Waals surface area contributed by atoms with Gasteiger partial charge in [-0.05, 0) is 37.1 Å². The molecule has 114 valence electrons. The highest BCUT2D eigenvalue weighted by atomic mass is 28.3. The summed E-state index contributed by atoms with van der Waals surface area (Å²) in [7, 11) is -0.515. The first-order valence-electron chi connectivity index (χ1n) is 8.33. The topological polar surface area (TPSA) is 12.5 Å². The van der Waals surface area contributed by atoms with Gasteiger partial charge in [0, 0.05) is 12.8 Å². The predicted molar refractivity (Wildman–Crippen MR) is 95.3 cm³/mol. The van der Waals surface area contributed by atoms with Crippen LogP contribution in [-0.4, -0.2) is 21.5 Å². The average Bonchev–Trinajstić information content (AvgIpc) is 3.32. The molecule has 2 aromatic rings. The Kier molecular flexibility index (Phi) is 5.11. The summed E-state index contributed by atoms with van der Waals surface area (Å²) >= 11 is 0. The predicted octanol–water partition coefficient (Wildman–Crippen LogP) is 3.98. The van der Waals surface area contributed by atoms with Gasteiger partial charge in [0.25, 0.3) is 0 Å². The SMILES string of the molecule is CC(C)[Si+](CCc1ccccc1)c1cccc(CC2CO2)c1. The Morgan fingerprint density at radius 3 is 2.45 bits per heavy atom. The molecule has 1 unspecified atom stereocenters. The molecule has 0 N–H and O–H groups in total. The fourth-order valence-corrected chi connectivity index (χ4v) is 5.81. The molecule has 0 saturated carbocycles. The van der Waals surface area contributed by atoms with E-state index in [-0.39, 0.29) is 0 Å². The molecular formula is C20H25OSi+. The average molecular weight is 310 g/mol. The molecule has 22 heavy (non-hydrogen) atoms. The zero-order valence-corrected chi connectivity index (χ0v) is 14.6. The van der Waals surface area contributed by atoms with E-state index in [0.717, 1.165) is 18.6 Å². The van der Waals surface area contributed by atoms with E-state index in [0.29, 0.717) is 6.10 Å². The fourth-order valence-electron chi connectivity index (χ4n) is 3.04. The molecule has 1 nitrogen and oxygen atoms in total. The minimum absolute atomic E-state index is 0.481. The Bertz CT molecular complexity index is 590. The van der Waals surface area contributed by atoms with Crippen LogP contribution in [0.1, 0.15) is 25.0 Å². The minimum Gasteiger partial charge on any atom is -0.373 e. The number of hydrogen-bond donors (Lipinski definition) is 0. The highest BCUT2D eigenvalue weighted by Gasteiger charge is 2.34. The van der Waals surface area contributed by atoms with Crippen LogP contribution < -0.4 is 5.19 Å². The lowest BCUT2D eigenvalue weighted by molar-refractivity contribution is 0.407. The molecule has 0 radical (unpaired) electrons. The molecule has 1 heterocycles. The third-order valence-corrected chi connectivity index (χ3v) is 7.62. The summed E-state index contributed by atoms with van der Waals surface area (Å²) in [5.74, 6) is 0. The smallest absolute Gasteiger partial charge is 0.355 e. The molecule has 0 aliphatic carbocycles.